The van der Waals surface area contributed by atoms with Gasteiger partial charge in [0.15, 0.2) is 0 Å². The largest absolute Gasteiger partial charge is 0.465 e. The molecule has 0 aliphatic carbocycles. The normalized spacial score (nSPS) is 14.2. The van der Waals surface area contributed by atoms with E-state index in [9.17, 15) is 0 Å². The topological polar surface area (TPSA) is 26.3 Å². The van der Waals surface area contributed by atoms with E-state index in [0.717, 1.165) is 23.0 Å². The van der Waals surface area contributed by atoms with E-state index < -0.39 is 0 Å². The second-order valence-electron chi connectivity index (χ2n) is 16.2. The molecule has 2 aromatic rings. The van der Waals surface area contributed by atoms with Crippen LogP contribution in [-0.2, 0) is 32.5 Å². The van der Waals surface area contributed by atoms with E-state index in [4.69, 9.17) is 8.83 Å². The van der Waals surface area contributed by atoms with Gasteiger partial charge in [-0.1, -0.05) is 125 Å². The van der Waals surface area contributed by atoms with Crippen molar-refractivity contribution in [3.05, 3.63) is 46.3 Å². The fourth-order valence-electron chi connectivity index (χ4n) is 3.75. The van der Waals surface area contributed by atoms with Gasteiger partial charge in [0.25, 0.3) is 0 Å². The minimum Gasteiger partial charge on any atom is -0.465 e. The fraction of sp³-hybridized carbons (Fsp3) is 0.750. The molecule has 0 radical (unpaired) electrons. The van der Waals surface area contributed by atoms with Crippen molar-refractivity contribution in [2.45, 2.75) is 157 Å². The van der Waals surface area contributed by atoms with Crippen molar-refractivity contribution in [3.8, 4) is 0 Å². The maximum Gasteiger partial charge on any atom is 0.113 e. The number of hydrogen-bond donors (Lipinski definition) is 0. The molecule has 0 amide bonds. The molecule has 2 nitrogen and oxygen atoms in total. The molecule has 34 heavy (non-hydrogen) atoms. The van der Waals surface area contributed by atoms with E-state index in [1.54, 1.807) is 0 Å². The van der Waals surface area contributed by atoms with Crippen LogP contribution in [0, 0.1) is 0 Å². The Hall–Kier alpha value is -1.44. The van der Waals surface area contributed by atoms with Crippen molar-refractivity contribution in [3.63, 3.8) is 0 Å². The molecule has 0 spiro atoms. The molecule has 0 unspecified atom stereocenters. The van der Waals surface area contributed by atoms with Gasteiger partial charge in [-0.25, -0.2) is 0 Å². The van der Waals surface area contributed by atoms with Crippen LogP contribution >= 0.6 is 0 Å². The lowest BCUT2D eigenvalue weighted by molar-refractivity contribution is 0.337. The minimum atomic E-state index is 0.0616. The number of furan rings is 2. The first-order valence-corrected chi connectivity index (χ1v) is 13.0. The molecule has 0 aliphatic rings. The molecule has 0 N–H and O–H groups in total. The summed E-state index contributed by atoms with van der Waals surface area (Å²) in [5, 5.41) is 0. The number of hydrogen-bond acceptors (Lipinski definition) is 2. The highest BCUT2D eigenvalue weighted by atomic mass is 16.3. The summed E-state index contributed by atoms with van der Waals surface area (Å²) in [5.41, 5.74) is 3.22. The van der Waals surface area contributed by atoms with E-state index in [2.05, 4.69) is 137 Å². The molecule has 2 aromatic heterocycles. The molecule has 0 fully saturated rings. The summed E-state index contributed by atoms with van der Waals surface area (Å²) in [7, 11) is 0. The molecule has 0 bridgehead atoms. The van der Waals surface area contributed by atoms with Crippen LogP contribution in [0.4, 0.5) is 0 Å². The molecule has 0 saturated heterocycles. The highest BCUT2D eigenvalue weighted by molar-refractivity contribution is 5.35. The highest BCUT2D eigenvalue weighted by Crippen LogP contribution is 2.40. The summed E-state index contributed by atoms with van der Waals surface area (Å²) in [5.74, 6) is 4.45. The number of rotatable bonds is 0. The maximum absolute atomic E-state index is 6.17. The third-order valence-electron chi connectivity index (χ3n) is 5.92. The summed E-state index contributed by atoms with van der Waals surface area (Å²) in [6.45, 7) is 40.0. The minimum absolute atomic E-state index is 0.0616. The average molecular weight is 473 g/mol. The Bertz CT molecular complexity index is 795. The van der Waals surface area contributed by atoms with Crippen LogP contribution in [0.1, 0.15) is 159 Å². The molecule has 0 atom stereocenters. The van der Waals surface area contributed by atoms with Gasteiger partial charge in [0.05, 0.1) is 0 Å². The summed E-state index contributed by atoms with van der Waals surface area (Å²) < 4.78 is 12.3. The SMILES string of the molecule is CC(C)(C)c1cc(C(C)(C)C)c(C(C)(C)C)o1.CC(C)(C)c1cc(C(C)(C)C)c(C(C)(C)C)o1. The zero-order chi connectivity index (χ0) is 27.3. The molecule has 196 valence electrons. The first-order valence-electron chi connectivity index (χ1n) is 13.0. The Labute approximate surface area is 212 Å². The van der Waals surface area contributed by atoms with Crippen molar-refractivity contribution in [1.82, 2.24) is 0 Å². The van der Waals surface area contributed by atoms with Gasteiger partial charge in [0.2, 0.25) is 0 Å². The monoisotopic (exact) mass is 472 g/mol. The zero-order valence-corrected chi connectivity index (χ0v) is 26.0. The first kappa shape index (κ1) is 30.6. The fourth-order valence-corrected chi connectivity index (χ4v) is 3.75. The molecule has 2 heterocycles. The van der Waals surface area contributed by atoms with Crippen molar-refractivity contribution >= 4 is 0 Å². The maximum atomic E-state index is 6.17. The smallest absolute Gasteiger partial charge is 0.113 e. The quantitative estimate of drug-likeness (QED) is 0.381. The van der Waals surface area contributed by atoms with E-state index in [1.165, 1.54) is 11.1 Å². The van der Waals surface area contributed by atoms with Crippen LogP contribution in [0.3, 0.4) is 0 Å². The molecule has 0 aromatic carbocycles. The third kappa shape index (κ3) is 7.79. The van der Waals surface area contributed by atoms with Gasteiger partial charge >= 0.3 is 0 Å². The summed E-state index contributed by atoms with van der Waals surface area (Å²) in [6.07, 6.45) is 0. The highest BCUT2D eigenvalue weighted by Gasteiger charge is 2.33. The van der Waals surface area contributed by atoms with Crippen LogP contribution in [0.15, 0.2) is 21.0 Å². The van der Waals surface area contributed by atoms with Gasteiger partial charge in [-0.05, 0) is 34.1 Å². The van der Waals surface area contributed by atoms with E-state index >= 15 is 0 Å². The lowest BCUT2D eigenvalue weighted by Gasteiger charge is -2.24. The van der Waals surface area contributed by atoms with Gasteiger partial charge < -0.3 is 8.83 Å². The van der Waals surface area contributed by atoms with Crippen molar-refractivity contribution < 1.29 is 8.83 Å². The van der Waals surface area contributed by atoms with Crippen LogP contribution in [-0.4, -0.2) is 0 Å². The van der Waals surface area contributed by atoms with Crippen LogP contribution in [0.2, 0.25) is 0 Å². The second-order valence-corrected chi connectivity index (χ2v) is 16.2. The molecular formula is C32H56O2. The van der Waals surface area contributed by atoms with Gasteiger partial charge in [-0.2, -0.15) is 0 Å². The Morgan fingerprint density at radius 2 is 0.588 bits per heavy atom. The van der Waals surface area contributed by atoms with Gasteiger partial charge in [-0.15, -0.1) is 0 Å². The Balaban J connectivity index is 0.000000340. The third-order valence-corrected chi connectivity index (χ3v) is 5.92. The van der Waals surface area contributed by atoms with Crippen molar-refractivity contribution in [1.29, 1.82) is 0 Å². The standard InChI is InChI=1S/2C16H28O/c2*1-14(2,3)11-10-12(15(4,5)6)17-13(11)16(7,8)9/h2*10H,1-9H3. The lowest BCUT2D eigenvalue weighted by Crippen LogP contribution is -2.19. The van der Waals surface area contributed by atoms with Crippen molar-refractivity contribution in [2.75, 3.05) is 0 Å². The average Bonchev–Trinajstić information content (AvgIpc) is 3.18. The van der Waals surface area contributed by atoms with Crippen LogP contribution in [0.5, 0.6) is 0 Å². The molecular weight excluding hydrogens is 416 g/mol. The van der Waals surface area contributed by atoms with Crippen molar-refractivity contribution in [2.24, 2.45) is 0 Å². The first-order chi connectivity index (χ1) is 14.7. The van der Waals surface area contributed by atoms with E-state index in [-0.39, 0.29) is 32.5 Å². The molecule has 2 heteroatoms. The molecule has 0 aliphatic heterocycles. The summed E-state index contributed by atoms with van der Waals surface area (Å²) >= 11 is 0. The Morgan fingerprint density at radius 3 is 0.706 bits per heavy atom. The van der Waals surface area contributed by atoms with E-state index in [1.807, 2.05) is 0 Å². The second kappa shape index (κ2) is 9.21. The zero-order valence-electron chi connectivity index (χ0n) is 26.0. The van der Waals surface area contributed by atoms with E-state index in [0.29, 0.717) is 0 Å². The van der Waals surface area contributed by atoms with Gasteiger partial charge in [0.1, 0.15) is 23.0 Å². The predicted octanol–water partition coefficient (Wildman–Crippen LogP) is 10.3. The Morgan fingerprint density at radius 1 is 0.353 bits per heavy atom. The molecule has 2 rings (SSSR count). The lowest BCUT2D eigenvalue weighted by atomic mass is 9.79. The summed E-state index contributed by atoms with van der Waals surface area (Å²) in [4.78, 5) is 0. The van der Waals surface area contributed by atoms with Crippen LogP contribution < -0.4 is 0 Å². The molecule has 0 saturated carbocycles. The predicted molar refractivity (Wildman–Crippen MR) is 150 cm³/mol. The van der Waals surface area contributed by atoms with Crippen LogP contribution in [0.25, 0.3) is 0 Å². The van der Waals surface area contributed by atoms with Gasteiger partial charge in [0, 0.05) is 21.7 Å². The summed E-state index contributed by atoms with van der Waals surface area (Å²) in [6, 6.07) is 4.50. The Kier molecular flexibility index (Phi) is 8.29. The van der Waals surface area contributed by atoms with Gasteiger partial charge in [-0.3, -0.25) is 0 Å².